The average Bonchev–Trinajstić information content (AvgIpc) is 2.18. The van der Waals surface area contributed by atoms with Crippen LogP contribution in [0.3, 0.4) is 0 Å². The molecule has 0 unspecified atom stereocenters. The van der Waals surface area contributed by atoms with Gasteiger partial charge in [0.25, 0.3) is 6.43 Å². The van der Waals surface area contributed by atoms with Crippen molar-refractivity contribution in [3.05, 3.63) is 28.6 Å². The van der Waals surface area contributed by atoms with Crippen LogP contribution in [0.25, 0.3) is 0 Å². The lowest BCUT2D eigenvalue weighted by Crippen LogP contribution is -2.08. The van der Waals surface area contributed by atoms with Crippen molar-refractivity contribution in [1.82, 2.24) is 4.98 Å². The molecule has 0 aliphatic heterocycles. The van der Waals surface area contributed by atoms with Gasteiger partial charge in [0.05, 0.1) is 18.2 Å². The second-order valence-corrected chi connectivity index (χ2v) is 3.14. The van der Waals surface area contributed by atoms with E-state index in [0.29, 0.717) is 5.69 Å². The third kappa shape index (κ3) is 2.48. The van der Waals surface area contributed by atoms with Gasteiger partial charge in [0.2, 0.25) is 0 Å². The first-order valence-corrected chi connectivity index (χ1v) is 4.44. The maximum atomic E-state index is 12.6. The van der Waals surface area contributed by atoms with E-state index in [1.165, 1.54) is 0 Å². The Morgan fingerprint density at radius 2 is 2.27 bits per heavy atom. The summed E-state index contributed by atoms with van der Waals surface area (Å²) in [6.45, 7) is 1.86. The third-order valence-corrected chi connectivity index (χ3v) is 2.10. The van der Waals surface area contributed by atoms with Crippen molar-refractivity contribution in [1.29, 1.82) is 5.26 Å². The van der Waals surface area contributed by atoms with Crippen LogP contribution >= 0.6 is 0 Å². The second kappa shape index (κ2) is 4.80. The van der Waals surface area contributed by atoms with E-state index in [1.807, 2.05) is 6.07 Å². The zero-order valence-electron chi connectivity index (χ0n) is 8.30. The minimum Gasteiger partial charge on any atom is -0.325 e. The first kappa shape index (κ1) is 11.5. The standard InChI is InChI=1S/C10H11F2N3/c1-6-4-7(2-3-13)9(10(11)12)15-8(6)5-14/h4,10H,2,5,14H2,1H3. The molecule has 0 spiro atoms. The van der Waals surface area contributed by atoms with Gasteiger partial charge in [-0.05, 0) is 18.1 Å². The summed E-state index contributed by atoms with van der Waals surface area (Å²) in [6, 6.07) is 3.39. The minimum atomic E-state index is -2.67. The Morgan fingerprint density at radius 1 is 1.60 bits per heavy atom. The number of rotatable bonds is 3. The van der Waals surface area contributed by atoms with Crippen LogP contribution in [-0.4, -0.2) is 4.98 Å². The average molecular weight is 211 g/mol. The molecule has 0 amide bonds. The summed E-state index contributed by atoms with van der Waals surface area (Å²) in [5.74, 6) is 0. The lowest BCUT2D eigenvalue weighted by Gasteiger charge is -2.09. The number of nitrogens with two attached hydrogens (primary N) is 1. The van der Waals surface area contributed by atoms with Crippen LogP contribution in [0, 0.1) is 18.3 Å². The maximum absolute atomic E-state index is 12.6. The van der Waals surface area contributed by atoms with Crippen molar-refractivity contribution in [3.8, 4) is 6.07 Å². The molecule has 1 heterocycles. The van der Waals surface area contributed by atoms with Gasteiger partial charge < -0.3 is 5.73 Å². The highest BCUT2D eigenvalue weighted by Gasteiger charge is 2.16. The topological polar surface area (TPSA) is 62.7 Å². The van der Waals surface area contributed by atoms with Gasteiger partial charge >= 0.3 is 0 Å². The molecule has 0 atom stereocenters. The molecule has 2 N–H and O–H groups in total. The van der Waals surface area contributed by atoms with Crippen molar-refractivity contribution in [2.24, 2.45) is 5.73 Å². The molecule has 0 bridgehead atoms. The van der Waals surface area contributed by atoms with Gasteiger partial charge in [-0.2, -0.15) is 5.26 Å². The molecule has 15 heavy (non-hydrogen) atoms. The predicted octanol–water partition coefficient (Wildman–Crippen LogP) is 1.85. The van der Waals surface area contributed by atoms with Crippen molar-refractivity contribution in [3.63, 3.8) is 0 Å². The van der Waals surface area contributed by atoms with Crippen LogP contribution in [0.2, 0.25) is 0 Å². The van der Waals surface area contributed by atoms with Crippen molar-refractivity contribution in [2.75, 3.05) is 0 Å². The zero-order valence-corrected chi connectivity index (χ0v) is 8.30. The van der Waals surface area contributed by atoms with Crippen LogP contribution in [-0.2, 0) is 13.0 Å². The maximum Gasteiger partial charge on any atom is 0.280 e. The number of aryl methyl sites for hydroxylation is 1. The van der Waals surface area contributed by atoms with E-state index in [4.69, 9.17) is 11.0 Å². The molecular formula is C10H11F2N3. The quantitative estimate of drug-likeness (QED) is 0.829. The molecule has 0 saturated heterocycles. The highest BCUT2D eigenvalue weighted by Crippen LogP contribution is 2.23. The van der Waals surface area contributed by atoms with Gasteiger partial charge in [-0.1, -0.05) is 6.07 Å². The Kier molecular flexibility index (Phi) is 3.69. The van der Waals surface area contributed by atoms with E-state index in [0.717, 1.165) is 5.56 Å². The molecule has 1 aromatic rings. The van der Waals surface area contributed by atoms with E-state index in [-0.39, 0.29) is 24.2 Å². The molecule has 0 aliphatic carbocycles. The molecule has 0 fully saturated rings. The van der Waals surface area contributed by atoms with Crippen LogP contribution < -0.4 is 5.73 Å². The Morgan fingerprint density at radius 3 is 2.73 bits per heavy atom. The normalized spacial score (nSPS) is 10.4. The number of nitrogens with zero attached hydrogens (tertiary/aromatic N) is 2. The molecule has 80 valence electrons. The van der Waals surface area contributed by atoms with Crippen LogP contribution in [0.4, 0.5) is 8.78 Å². The van der Waals surface area contributed by atoms with Crippen molar-refractivity contribution < 1.29 is 8.78 Å². The van der Waals surface area contributed by atoms with Crippen molar-refractivity contribution >= 4 is 0 Å². The Labute approximate surface area is 86.5 Å². The van der Waals surface area contributed by atoms with E-state index >= 15 is 0 Å². The number of nitriles is 1. The van der Waals surface area contributed by atoms with E-state index in [1.54, 1.807) is 13.0 Å². The first-order chi connectivity index (χ1) is 7.10. The zero-order chi connectivity index (χ0) is 11.4. The fourth-order valence-electron chi connectivity index (χ4n) is 1.35. The molecule has 3 nitrogen and oxygen atoms in total. The summed E-state index contributed by atoms with van der Waals surface area (Å²) in [5.41, 5.74) is 6.51. The summed E-state index contributed by atoms with van der Waals surface area (Å²) in [7, 11) is 0. The highest BCUT2D eigenvalue weighted by atomic mass is 19.3. The molecule has 0 radical (unpaired) electrons. The van der Waals surface area contributed by atoms with E-state index < -0.39 is 6.43 Å². The lowest BCUT2D eigenvalue weighted by molar-refractivity contribution is 0.144. The van der Waals surface area contributed by atoms with E-state index in [9.17, 15) is 8.78 Å². The summed E-state index contributed by atoms with van der Waals surface area (Å²) in [5, 5.41) is 8.50. The van der Waals surface area contributed by atoms with Gasteiger partial charge in [-0.15, -0.1) is 0 Å². The third-order valence-electron chi connectivity index (χ3n) is 2.10. The summed E-state index contributed by atoms with van der Waals surface area (Å²) < 4.78 is 25.2. The fraction of sp³-hybridized carbons (Fsp3) is 0.400. The molecule has 1 rings (SSSR count). The number of hydrogen-bond donors (Lipinski definition) is 1. The number of pyridine rings is 1. The smallest absolute Gasteiger partial charge is 0.280 e. The molecule has 5 heteroatoms. The molecule has 0 saturated carbocycles. The first-order valence-electron chi connectivity index (χ1n) is 4.44. The largest absolute Gasteiger partial charge is 0.325 e. The molecular weight excluding hydrogens is 200 g/mol. The number of aromatic nitrogens is 1. The van der Waals surface area contributed by atoms with Gasteiger partial charge in [-0.25, -0.2) is 13.8 Å². The molecule has 0 aromatic carbocycles. The highest BCUT2D eigenvalue weighted by molar-refractivity contribution is 5.32. The minimum absolute atomic E-state index is 0.0572. The SMILES string of the molecule is Cc1cc(CC#N)c(C(F)F)nc1CN. The predicted molar refractivity (Wildman–Crippen MR) is 51.1 cm³/mol. The lowest BCUT2D eigenvalue weighted by atomic mass is 10.1. The van der Waals surface area contributed by atoms with Crippen LogP contribution in [0.1, 0.15) is 28.9 Å². The number of alkyl halides is 2. The van der Waals surface area contributed by atoms with Crippen LogP contribution in [0.15, 0.2) is 6.07 Å². The Bertz CT molecular complexity index is 396. The van der Waals surface area contributed by atoms with Gasteiger partial charge in [0.15, 0.2) is 0 Å². The Balaban J connectivity index is 3.26. The van der Waals surface area contributed by atoms with Crippen LogP contribution in [0.5, 0.6) is 0 Å². The van der Waals surface area contributed by atoms with Gasteiger partial charge in [0.1, 0.15) is 5.69 Å². The van der Waals surface area contributed by atoms with E-state index in [2.05, 4.69) is 4.98 Å². The monoisotopic (exact) mass is 211 g/mol. The Hall–Kier alpha value is -1.54. The summed E-state index contributed by atoms with van der Waals surface area (Å²) in [6.07, 6.45) is -2.72. The molecule has 1 aromatic heterocycles. The number of hydrogen-bond acceptors (Lipinski definition) is 3. The van der Waals surface area contributed by atoms with Gasteiger partial charge in [0, 0.05) is 6.54 Å². The van der Waals surface area contributed by atoms with Gasteiger partial charge in [-0.3, -0.25) is 0 Å². The molecule has 0 aliphatic rings. The fourth-order valence-corrected chi connectivity index (χ4v) is 1.35. The van der Waals surface area contributed by atoms with Crippen molar-refractivity contribution in [2.45, 2.75) is 26.3 Å². The summed E-state index contributed by atoms with van der Waals surface area (Å²) in [4.78, 5) is 3.78. The summed E-state index contributed by atoms with van der Waals surface area (Å²) >= 11 is 0. The second-order valence-electron chi connectivity index (χ2n) is 3.14. The number of halogens is 2.